The predicted octanol–water partition coefficient (Wildman–Crippen LogP) is 4.96. The van der Waals surface area contributed by atoms with E-state index < -0.39 is 20.0 Å². The van der Waals surface area contributed by atoms with E-state index in [2.05, 4.69) is 4.40 Å². The fourth-order valence-corrected chi connectivity index (χ4v) is 5.94. The number of rotatable bonds is 4. The van der Waals surface area contributed by atoms with Crippen LogP contribution in [0.4, 0.5) is 0 Å². The van der Waals surface area contributed by atoms with Crippen LogP contribution < -0.4 is 0 Å². The van der Waals surface area contributed by atoms with Gasteiger partial charge in [-0.05, 0) is 67.4 Å². The molecule has 170 valence electrons. The molecule has 0 unspecified atom stereocenters. The van der Waals surface area contributed by atoms with Gasteiger partial charge in [-0.1, -0.05) is 53.1 Å². The van der Waals surface area contributed by atoms with Crippen molar-refractivity contribution in [3.8, 4) is 0 Å². The Bertz CT molecular complexity index is 1480. The molecule has 0 fully saturated rings. The van der Waals surface area contributed by atoms with Gasteiger partial charge in [0.25, 0.3) is 20.0 Å². The lowest BCUT2D eigenvalue weighted by Gasteiger charge is -2.21. The molecule has 33 heavy (non-hydrogen) atoms. The molecule has 4 rings (SSSR count). The Hall–Kier alpha value is -2.94. The average Bonchev–Trinajstić information content (AvgIpc) is 2.93. The third-order valence-electron chi connectivity index (χ3n) is 5.22. The molecule has 0 aliphatic carbocycles. The van der Waals surface area contributed by atoms with Gasteiger partial charge in [0.2, 0.25) is 0 Å². The summed E-state index contributed by atoms with van der Waals surface area (Å²) < 4.78 is 58.1. The molecule has 0 radical (unpaired) electrons. The number of hydrogen-bond donors (Lipinski definition) is 0. The Labute approximate surface area is 199 Å². The van der Waals surface area contributed by atoms with Crippen LogP contribution in [0.25, 0.3) is 6.08 Å². The number of amidine groups is 1. The molecule has 0 spiro atoms. The highest BCUT2D eigenvalue weighted by Crippen LogP contribution is 2.27. The van der Waals surface area contributed by atoms with Crippen molar-refractivity contribution < 1.29 is 16.8 Å². The van der Waals surface area contributed by atoms with Gasteiger partial charge < -0.3 is 0 Å². The zero-order valence-corrected chi connectivity index (χ0v) is 20.3. The Kier molecular flexibility index (Phi) is 6.18. The Morgan fingerprint density at radius 3 is 2.00 bits per heavy atom. The summed E-state index contributed by atoms with van der Waals surface area (Å²) in [6.45, 7) is 3.69. The molecular weight excluding hydrogens is 480 g/mol. The number of sulfonamides is 2. The second kappa shape index (κ2) is 8.78. The van der Waals surface area contributed by atoms with E-state index in [0.717, 1.165) is 15.4 Å². The van der Waals surface area contributed by atoms with Crippen LogP contribution in [-0.2, 0) is 26.5 Å². The molecule has 3 aromatic rings. The molecule has 1 aliphatic heterocycles. The average molecular weight is 501 g/mol. The van der Waals surface area contributed by atoms with E-state index in [1.165, 1.54) is 30.5 Å². The van der Waals surface area contributed by atoms with E-state index in [-0.39, 0.29) is 22.0 Å². The highest BCUT2D eigenvalue weighted by Gasteiger charge is 2.30. The van der Waals surface area contributed by atoms with E-state index >= 15 is 0 Å². The number of benzene rings is 3. The van der Waals surface area contributed by atoms with E-state index in [4.69, 9.17) is 11.6 Å². The standard InChI is InChI=1S/C24H21ClN2O4S2/c1-17-3-9-22(10-4-17)32(28,29)26-24-16-19-7-8-21(25)15-20(19)13-14-27(24)33(30,31)23-11-5-18(2)6-12-23/h3-15H,16H2,1-2H3/b26-24-. The summed E-state index contributed by atoms with van der Waals surface area (Å²) in [5.41, 5.74) is 3.19. The fraction of sp³-hybridized carbons (Fsp3) is 0.125. The van der Waals surface area contributed by atoms with Crippen molar-refractivity contribution in [3.63, 3.8) is 0 Å². The van der Waals surface area contributed by atoms with Crippen LogP contribution in [0.2, 0.25) is 5.02 Å². The van der Waals surface area contributed by atoms with Gasteiger partial charge in [-0.15, -0.1) is 4.40 Å². The first kappa shape index (κ1) is 23.2. The van der Waals surface area contributed by atoms with Crippen LogP contribution >= 0.6 is 11.6 Å². The number of halogens is 1. The maximum atomic E-state index is 13.5. The molecule has 0 bridgehead atoms. The van der Waals surface area contributed by atoms with E-state index in [1.807, 2.05) is 13.8 Å². The van der Waals surface area contributed by atoms with Gasteiger partial charge in [-0.3, -0.25) is 0 Å². The summed E-state index contributed by atoms with van der Waals surface area (Å²) in [4.78, 5) is 0.0139. The molecule has 1 heterocycles. The maximum Gasteiger partial charge on any atom is 0.283 e. The number of aryl methyl sites for hydroxylation is 2. The minimum absolute atomic E-state index is 0.0159. The first-order valence-corrected chi connectivity index (χ1v) is 13.3. The van der Waals surface area contributed by atoms with Crippen molar-refractivity contribution in [1.82, 2.24) is 4.31 Å². The molecule has 0 N–H and O–H groups in total. The third-order valence-corrected chi connectivity index (χ3v) is 8.49. The molecule has 0 saturated carbocycles. The largest absolute Gasteiger partial charge is 0.283 e. The molecule has 9 heteroatoms. The number of fused-ring (bicyclic) bond motifs is 1. The lowest BCUT2D eigenvalue weighted by Crippen LogP contribution is -2.33. The first-order chi connectivity index (χ1) is 15.6. The third kappa shape index (κ3) is 4.88. The van der Waals surface area contributed by atoms with Crippen molar-refractivity contribution in [2.24, 2.45) is 4.40 Å². The Balaban J connectivity index is 1.88. The van der Waals surface area contributed by atoms with Crippen molar-refractivity contribution in [2.45, 2.75) is 30.1 Å². The zero-order chi connectivity index (χ0) is 23.8. The summed E-state index contributed by atoms with van der Waals surface area (Å²) in [7, 11) is -8.29. The smallest absolute Gasteiger partial charge is 0.227 e. The lowest BCUT2D eigenvalue weighted by molar-refractivity contribution is 0.562. The van der Waals surface area contributed by atoms with Crippen molar-refractivity contribution in [2.75, 3.05) is 0 Å². The highest BCUT2D eigenvalue weighted by atomic mass is 35.5. The highest BCUT2D eigenvalue weighted by molar-refractivity contribution is 7.91. The summed E-state index contributed by atoms with van der Waals surface area (Å²) in [5.74, 6) is -0.131. The van der Waals surface area contributed by atoms with Crippen LogP contribution in [0.1, 0.15) is 22.3 Å². The Morgan fingerprint density at radius 2 is 1.39 bits per heavy atom. The minimum Gasteiger partial charge on any atom is -0.227 e. The molecule has 6 nitrogen and oxygen atoms in total. The van der Waals surface area contributed by atoms with Crippen LogP contribution in [0.15, 0.2) is 87.1 Å². The van der Waals surface area contributed by atoms with Crippen LogP contribution in [-0.4, -0.2) is 27.0 Å². The summed E-state index contributed by atoms with van der Waals surface area (Å²) in [5, 5.41) is 0.485. The van der Waals surface area contributed by atoms with Gasteiger partial charge in [0, 0.05) is 17.6 Å². The second-order valence-corrected chi connectivity index (χ2v) is 11.6. The summed E-state index contributed by atoms with van der Waals surface area (Å²) in [6, 6.07) is 17.7. The van der Waals surface area contributed by atoms with Gasteiger partial charge >= 0.3 is 0 Å². The van der Waals surface area contributed by atoms with E-state index in [9.17, 15) is 16.8 Å². The van der Waals surface area contributed by atoms with Gasteiger partial charge in [0.15, 0.2) is 0 Å². The van der Waals surface area contributed by atoms with Gasteiger partial charge in [-0.2, -0.15) is 8.42 Å². The predicted molar refractivity (Wildman–Crippen MR) is 130 cm³/mol. The van der Waals surface area contributed by atoms with Crippen LogP contribution in [0, 0.1) is 13.8 Å². The molecular formula is C24H21ClN2O4S2. The summed E-state index contributed by atoms with van der Waals surface area (Å²) in [6.07, 6.45) is 2.89. The first-order valence-electron chi connectivity index (χ1n) is 10.0. The molecule has 0 saturated heterocycles. The topological polar surface area (TPSA) is 83.9 Å². The number of nitrogens with zero attached hydrogens (tertiary/aromatic N) is 2. The molecule has 0 atom stereocenters. The lowest BCUT2D eigenvalue weighted by atomic mass is 10.1. The van der Waals surface area contributed by atoms with Crippen LogP contribution in [0.5, 0.6) is 0 Å². The summed E-state index contributed by atoms with van der Waals surface area (Å²) >= 11 is 6.11. The van der Waals surface area contributed by atoms with Gasteiger partial charge in [-0.25, -0.2) is 12.7 Å². The molecule has 1 aliphatic rings. The second-order valence-electron chi connectivity index (χ2n) is 7.75. The molecule has 0 aromatic heterocycles. The Morgan fingerprint density at radius 1 is 0.818 bits per heavy atom. The van der Waals surface area contributed by atoms with Gasteiger partial charge in [0.1, 0.15) is 5.84 Å². The van der Waals surface area contributed by atoms with Gasteiger partial charge in [0.05, 0.1) is 9.79 Å². The molecule has 0 amide bonds. The van der Waals surface area contributed by atoms with E-state index in [1.54, 1.807) is 48.5 Å². The van der Waals surface area contributed by atoms with E-state index in [0.29, 0.717) is 16.1 Å². The zero-order valence-electron chi connectivity index (χ0n) is 17.9. The normalized spacial score (nSPS) is 15.4. The fourth-order valence-electron chi connectivity index (χ4n) is 3.38. The SMILES string of the molecule is Cc1ccc(S(=O)(=O)/N=C2/Cc3ccc(Cl)cc3C=CN2S(=O)(=O)c2ccc(C)cc2)cc1. The van der Waals surface area contributed by atoms with Crippen molar-refractivity contribution in [1.29, 1.82) is 0 Å². The molecule has 3 aromatic carbocycles. The van der Waals surface area contributed by atoms with Crippen LogP contribution in [0.3, 0.4) is 0 Å². The monoisotopic (exact) mass is 500 g/mol. The maximum absolute atomic E-state index is 13.5. The van der Waals surface area contributed by atoms with Crippen molar-refractivity contribution >= 4 is 43.6 Å². The van der Waals surface area contributed by atoms with Crippen molar-refractivity contribution in [3.05, 3.63) is 100 Å². The minimum atomic E-state index is -4.16. The quantitative estimate of drug-likeness (QED) is 0.506. The number of hydrogen-bond acceptors (Lipinski definition) is 4.